The van der Waals surface area contributed by atoms with Crippen molar-refractivity contribution in [2.24, 2.45) is 5.92 Å². The van der Waals surface area contributed by atoms with Crippen LogP contribution >= 0.6 is 11.6 Å². The highest BCUT2D eigenvalue weighted by Crippen LogP contribution is 2.27. The lowest BCUT2D eigenvalue weighted by Crippen LogP contribution is -2.43. The largest absolute Gasteiger partial charge is 0.345 e. The van der Waals surface area contributed by atoms with Crippen LogP contribution in [0.4, 0.5) is 4.39 Å². The van der Waals surface area contributed by atoms with Gasteiger partial charge in [-0.3, -0.25) is 4.79 Å². The Kier molecular flexibility index (Phi) is 2.91. The second kappa shape index (κ2) is 4.44. The molecule has 2 saturated heterocycles. The van der Waals surface area contributed by atoms with Gasteiger partial charge in [0.05, 0.1) is 6.20 Å². The van der Waals surface area contributed by atoms with Crippen LogP contribution in [0.1, 0.15) is 17.0 Å². The van der Waals surface area contributed by atoms with Gasteiger partial charge < -0.3 is 10.2 Å². The SMILES string of the molecule is O=C(NC1CN2CCC1C2)c1ncc(F)c(Cl)n1. The van der Waals surface area contributed by atoms with Crippen molar-refractivity contribution in [2.75, 3.05) is 19.6 Å². The lowest BCUT2D eigenvalue weighted by molar-refractivity contribution is 0.0913. The Labute approximate surface area is 108 Å². The summed E-state index contributed by atoms with van der Waals surface area (Å²) in [6.07, 6.45) is 2.02. The molecule has 1 N–H and O–H groups in total. The molecule has 0 saturated carbocycles. The van der Waals surface area contributed by atoms with E-state index in [9.17, 15) is 9.18 Å². The van der Waals surface area contributed by atoms with Crippen molar-refractivity contribution in [3.63, 3.8) is 0 Å². The highest BCUT2D eigenvalue weighted by atomic mass is 35.5. The first-order chi connectivity index (χ1) is 8.63. The van der Waals surface area contributed by atoms with Gasteiger partial charge in [-0.25, -0.2) is 14.4 Å². The molecule has 18 heavy (non-hydrogen) atoms. The Morgan fingerprint density at radius 3 is 3.00 bits per heavy atom. The molecule has 0 aliphatic carbocycles. The summed E-state index contributed by atoms with van der Waals surface area (Å²) in [6.45, 7) is 3.01. The minimum absolute atomic E-state index is 0.0841. The van der Waals surface area contributed by atoms with Crippen LogP contribution in [0, 0.1) is 11.7 Å². The summed E-state index contributed by atoms with van der Waals surface area (Å²) in [5.41, 5.74) is 0. The summed E-state index contributed by atoms with van der Waals surface area (Å²) in [6, 6.07) is 0.138. The zero-order valence-corrected chi connectivity index (χ0v) is 10.3. The summed E-state index contributed by atoms with van der Waals surface area (Å²) >= 11 is 5.52. The average Bonchev–Trinajstić information content (AvgIpc) is 2.94. The fourth-order valence-corrected chi connectivity index (χ4v) is 2.77. The van der Waals surface area contributed by atoms with Crippen molar-refractivity contribution in [3.8, 4) is 0 Å². The normalized spacial score (nSPS) is 29.6. The number of carbonyl (C=O) groups is 1. The molecule has 2 fully saturated rings. The molecule has 7 heteroatoms. The molecule has 2 aliphatic heterocycles. The number of aromatic nitrogens is 2. The topological polar surface area (TPSA) is 58.1 Å². The Hall–Kier alpha value is -1.27. The molecule has 1 amide bonds. The summed E-state index contributed by atoms with van der Waals surface area (Å²) < 4.78 is 12.9. The smallest absolute Gasteiger partial charge is 0.289 e. The van der Waals surface area contributed by atoms with Crippen LogP contribution in [-0.4, -0.2) is 46.5 Å². The molecule has 3 unspecified atom stereocenters. The van der Waals surface area contributed by atoms with Gasteiger partial charge in [-0.05, 0) is 18.9 Å². The maximum atomic E-state index is 12.9. The van der Waals surface area contributed by atoms with Crippen molar-refractivity contribution in [1.82, 2.24) is 20.2 Å². The van der Waals surface area contributed by atoms with Gasteiger partial charge in [0.2, 0.25) is 5.82 Å². The molecule has 3 rings (SSSR count). The van der Waals surface area contributed by atoms with Crippen LogP contribution in [0.25, 0.3) is 0 Å². The van der Waals surface area contributed by atoms with Gasteiger partial charge >= 0.3 is 0 Å². The molecule has 1 aromatic heterocycles. The zero-order chi connectivity index (χ0) is 12.7. The standard InChI is InChI=1S/C11H12ClFN4O/c12-9-7(13)3-14-10(16-9)11(18)15-8-5-17-2-1-6(8)4-17/h3,6,8H,1-2,4-5H2,(H,15,18). The molecule has 2 bridgehead atoms. The van der Waals surface area contributed by atoms with Gasteiger partial charge in [-0.15, -0.1) is 0 Å². The number of amides is 1. The minimum Gasteiger partial charge on any atom is -0.345 e. The molecule has 96 valence electrons. The highest BCUT2D eigenvalue weighted by Gasteiger charge is 2.38. The summed E-state index contributed by atoms with van der Waals surface area (Å²) in [5, 5.41) is 2.56. The fourth-order valence-electron chi connectivity index (χ4n) is 2.64. The Balaban J connectivity index is 1.69. The van der Waals surface area contributed by atoms with E-state index in [0.717, 1.165) is 32.3 Å². The van der Waals surface area contributed by atoms with Crippen LogP contribution in [0.2, 0.25) is 5.15 Å². The van der Waals surface area contributed by atoms with Gasteiger partial charge in [-0.2, -0.15) is 0 Å². The summed E-state index contributed by atoms with van der Waals surface area (Å²) in [5.74, 6) is -0.695. The van der Waals surface area contributed by atoms with Crippen LogP contribution in [0.5, 0.6) is 0 Å². The summed E-state index contributed by atoms with van der Waals surface area (Å²) in [4.78, 5) is 21.5. The molecule has 1 aromatic rings. The minimum atomic E-state index is -0.723. The van der Waals surface area contributed by atoms with E-state index < -0.39 is 11.7 Å². The maximum Gasteiger partial charge on any atom is 0.289 e. The number of hydrogen-bond acceptors (Lipinski definition) is 4. The van der Waals surface area contributed by atoms with Gasteiger partial charge in [0.15, 0.2) is 11.0 Å². The Morgan fingerprint density at radius 1 is 1.56 bits per heavy atom. The molecule has 0 radical (unpaired) electrons. The molecule has 0 spiro atoms. The van der Waals surface area contributed by atoms with Crippen LogP contribution in [0.15, 0.2) is 6.20 Å². The van der Waals surface area contributed by atoms with Crippen LogP contribution in [0.3, 0.4) is 0 Å². The van der Waals surface area contributed by atoms with Crippen LogP contribution in [-0.2, 0) is 0 Å². The first-order valence-electron chi connectivity index (χ1n) is 5.85. The number of piperidine rings is 1. The fraction of sp³-hybridized carbons (Fsp3) is 0.545. The van der Waals surface area contributed by atoms with E-state index in [4.69, 9.17) is 11.6 Å². The number of halogens is 2. The summed E-state index contributed by atoms with van der Waals surface area (Å²) in [7, 11) is 0. The van der Waals surface area contributed by atoms with Gasteiger partial charge in [0.25, 0.3) is 5.91 Å². The molecular weight excluding hydrogens is 259 g/mol. The third-order valence-electron chi connectivity index (χ3n) is 3.55. The van der Waals surface area contributed by atoms with E-state index in [2.05, 4.69) is 20.2 Å². The van der Waals surface area contributed by atoms with Gasteiger partial charge in [-0.1, -0.05) is 11.6 Å². The first-order valence-corrected chi connectivity index (χ1v) is 6.22. The quantitative estimate of drug-likeness (QED) is 0.804. The molecule has 0 aromatic carbocycles. The van der Waals surface area contributed by atoms with Crippen molar-refractivity contribution in [2.45, 2.75) is 12.5 Å². The predicted molar refractivity (Wildman–Crippen MR) is 62.8 cm³/mol. The van der Waals surface area contributed by atoms with Crippen molar-refractivity contribution >= 4 is 17.5 Å². The van der Waals surface area contributed by atoms with Crippen molar-refractivity contribution < 1.29 is 9.18 Å². The molecule has 2 aliphatic rings. The predicted octanol–water partition coefficient (Wildman–Crippen LogP) is 0.703. The second-order valence-corrected chi connectivity index (χ2v) is 5.08. The van der Waals surface area contributed by atoms with Crippen LogP contribution < -0.4 is 5.32 Å². The highest BCUT2D eigenvalue weighted by molar-refractivity contribution is 6.29. The lowest BCUT2D eigenvalue weighted by Gasteiger charge is -2.22. The third kappa shape index (κ3) is 2.06. The van der Waals surface area contributed by atoms with E-state index in [-0.39, 0.29) is 17.0 Å². The monoisotopic (exact) mass is 270 g/mol. The molecule has 5 nitrogen and oxygen atoms in total. The average molecular weight is 271 g/mol. The number of rotatable bonds is 2. The van der Waals surface area contributed by atoms with E-state index in [1.165, 1.54) is 0 Å². The van der Waals surface area contributed by atoms with E-state index in [1.54, 1.807) is 0 Å². The van der Waals surface area contributed by atoms with Crippen molar-refractivity contribution in [1.29, 1.82) is 0 Å². The maximum absolute atomic E-state index is 12.9. The number of nitrogens with one attached hydrogen (secondary N) is 1. The lowest BCUT2D eigenvalue weighted by atomic mass is 10.00. The first kappa shape index (κ1) is 11.8. The number of hydrogen-bond donors (Lipinski definition) is 1. The number of fused-ring (bicyclic) bond motifs is 2. The van der Waals surface area contributed by atoms with E-state index in [1.807, 2.05) is 0 Å². The Morgan fingerprint density at radius 2 is 2.39 bits per heavy atom. The van der Waals surface area contributed by atoms with Gasteiger partial charge in [0, 0.05) is 19.1 Å². The number of carbonyl (C=O) groups excluding carboxylic acids is 1. The van der Waals surface area contributed by atoms with Gasteiger partial charge in [0.1, 0.15) is 0 Å². The zero-order valence-electron chi connectivity index (χ0n) is 9.57. The third-order valence-corrected chi connectivity index (χ3v) is 3.82. The number of nitrogens with zero attached hydrogens (tertiary/aromatic N) is 3. The molecular formula is C11H12ClFN4O. The Bertz CT molecular complexity index is 498. The van der Waals surface area contributed by atoms with E-state index in [0.29, 0.717) is 5.92 Å². The van der Waals surface area contributed by atoms with E-state index >= 15 is 0 Å². The van der Waals surface area contributed by atoms with Crippen molar-refractivity contribution in [3.05, 3.63) is 23.0 Å². The molecule has 3 atom stereocenters. The molecule has 3 heterocycles. The second-order valence-electron chi connectivity index (χ2n) is 4.72.